The molecule has 1 aromatic rings. The highest BCUT2D eigenvalue weighted by molar-refractivity contribution is 5.86. The molecule has 1 aromatic carbocycles. The van der Waals surface area contributed by atoms with Gasteiger partial charge in [0.2, 0.25) is 11.8 Å². The Morgan fingerprint density at radius 2 is 1.41 bits per heavy atom. The van der Waals surface area contributed by atoms with Crippen molar-refractivity contribution in [1.29, 1.82) is 0 Å². The van der Waals surface area contributed by atoms with Crippen molar-refractivity contribution in [2.24, 2.45) is 17.3 Å². The Morgan fingerprint density at radius 3 is 1.88 bits per heavy atom. The van der Waals surface area contributed by atoms with Crippen molar-refractivity contribution in [2.45, 2.75) is 80.0 Å². The average molecular weight is 448 g/mol. The maximum absolute atomic E-state index is 13.1. The molecule has 3 N–H and O–H groups in total. The molecule has 32 heavy (non-hydrogen) atoms. The molecule has 0 heterocycles. The topological polar surface area (TPSA) is 96.5 Å². The van der Waals surface area contributed by atoms with E-state index in [0.717, 1.165) is 5.56 Å². The Labute approximate surface area is 193 Å². The monoisotopic (exact) mass is 447 g/mol. The Hall–Kier alpha value is -2.57. The fraction of sp³-hybridized carbons (Fsp3) is 0.640. The van der Waals surface area contributed by atoms with Crippen LogP contribution in [-0.4, -0.2) is 36.1 Å². The first-order chi connectivity index (χ1) is 14.7. The number of hydrogen-bond donors (Lipinski definition) is 3. The molecule has 0 unspecified atom stereocenters. The van der Waals surface area contributed by atoms with Crippen LogP contribution in [0.1, 0.15) is 73.9 Å². The molecule has 7 heteroatoms. The van der Waals surface area contributed by atoms with Gasteiger partial charge in [-0.25, -0.2) is 4.79 Å². The summed E-state index contributed by atoms with van der Waals surface area (Å²) in [5.74, 6) is -0.0947. The maximum Gasteiger partial charge on any atom is 0.408 e. The number of alkyl carbamates (subject to hydrolysis) is 1. The third kappa shape index (κ3) is 7.84. The molecule has 1 rings (SSSR count). The van der Waals surface area contributed by atoms with Gasteiger partial charge in [-0.05, 0) is 45.1 Å². The third-order valence-electron chi connectivity index (χ3n) is 6.00. The van der Waals surface area contributed by atoms with Gasteiger partial charge in [0.1, 0.15) is 11.6 Å². The van der Waals surface area contributed by atoms with Crippen molar-refractivity contribution in [3.63, 3.8) is 0 Å². The van der Waals surface area contributed by atoms with Crippen LogP contribution in [-0.2, 0) is 14.3 Å². The highest BCUT2D eigenvalue weighted by Crippen LogP contribution is 2.35. The molecule has 0 bridgehead atoms. The van der Waals surface area contributed by atoms with Crippen LogP contribution in [0.15, 0.2) is 30.3 Å². The van der Waals surface area contributed by atoms with E-state index in [9.17, 15) is 14.4 Å². The van der Waals surface area contributed by atoms with E-state index in [2.05, 4.69) is 16.0 Å². The number of amides is 3. The van der Waals surface area contributed by atoms with Gasteiger partial charge in [0.05, 0.1) is 11.5 Å². The quantitative estimate of drug-likeness (QED) is 0.529. The van der Waals surface area contributed by atoms with Crippen LogP contribution in [0.25, 0.3) is 0 Å². The van der Waals surface area contributed by atoms with Crippen LogP contribution in [0.2, 0.25) is 0 Å². The van der Waals surface area contributed by atoms with E-state index in [0.29, 0.717) is 0 Å². The Morgan fingerprint density at radius 1 is 0.875 bits per heavy atom. The van der Waals surface area contributed by atoms with Crippen LogP contribution in [0.4, 0.5) is 4.79 Å². The largest absolute Gasteiger partial charge is 0.444 e. The van der Waals surface area contributed by atoms with Gasteiger partial charge in [-0.15, -0.1) is 0 Å². The molecule has 0 aliphatic heterocycles. The molecular weight excluding hydrogens is 406 g/mol. The van der Waals surface area contributed by atoms with Gasteiger partial charge >= 0.3 is 6.09 Å². The van der Waals surface area contributed by atoms with Gasteiger partial charge in [-0.2, -0.15) is 0 Å². The number of ether oxygens (including phenoxy) is 1. The summed E-state index contributed by atoms with van der Waals surface area (Å²) in [5, 5.41) is 8.53. The minimum Gasteiger partial charge on any atom is -0.444 e. The van der Waals surface area contributed by atoms with E-state index >= 15 is 0 Å². The molecule has 180 valence electrons. The Balaban J connectivity index is 2.92. The van der Waals surface area contributed by atoms with Crippen LogP contribution < -0.4 is 16.0 Å². The summed E-state index contributed by atoms with van der Waals surface area (Å²) in [5.41, 5.74) is -0.325. The maximum atomic E-state index is 13.1. The van der Waals surface area contributed by atoms with Crippen LogP contribution in [0, 0.1) is 17.3 Å². The van der Waals surface area contributed by atoms with Crippen LogP contribution >= 0.6 is 0 Å². The van der Waals surface area contributed by atoms with E-state index in [1.165, 1.54) is 0 Å². The van der Waals surface area contributed by atoms with Crippen molar-refractivity contribution in [3.05, 3.63) is 35.9 Å². The molecule has 0 fully saturated rings. The summed E-state index contributed by atoms with van der Waals surface area (Å²) >= 11 is 0. The second-order valence-corrected chi connectivity index (χ2v) is 10.1. The third-order valence-corrected chi connectivity index (χ3v) is 6.00. The van der Waals surface area contributed by atoms with Crippen molar-refractivity contribution in [1.82, 2.24) is 16.0 Å². The Kier molecular flexibility index (Phi) is 9.73. The van der Waals surface area contributed by atoms with Gasteiger partial charge in [-0.1, -0.05) is 65.0 Å². The number of benzene rings is 1. The fourth-order valence-electron chi connectivity index (χ4n) is 3.36. The first-order valence-electron chi connectivity index (χ1n) is 11.3. The summed E-state index contributed by atoms with van der Waals surface area (Å²) in [6.07, 6.45) is -0.658. The summed E-state index contributed by atoms with van der Waals surface area (Å²) in [6, 6.07) is 8.20. The molecule has 3 amide bonds. The van der Waals surface area contributed by atoms with Crippen molar-refractivity contribution in [3.8, 4) is 0 Å². The van der Waals surface area contributed by atoms with Crippen LogP contribution in [0.5, 0.6) is 0 Å². The number of hydrogen-bond acceptors (Lipinski definition) is 4. The predicted octanol–water partition coefficient (Wildman–Crippen LogP) is 4.19. The summed E-state index contributed by atoms with van der Waals surface area (Å²) in [7, 11) is 0. The van der Waals surface area contributed by atoms with Crippen molar-refractivity contribution < 1.29 is 19.1 Å². The standard InChI is InChI=1S/C25H41N3O4/c1-16(2)25(9,17(3)4)22(30)26-15-20(19-13-11-10-12-14-19)28-21(29)18(5)27-23(31)32-24(6,7)8/h10-14,16-18,20H,15H2,1-9H3,(H,26,30)(H,27,31)(H,28,29)/t18-,20-/m1/s1. The number of nitrogens with one attached hydrogen (secondary N) is 3. The minimum absolute atomic E-state index is 0.0439. The summed E-state index contributed by atoms with van der Waals surface area (Å²) in [6.45, 7) is 17.2. The lowest BCUT2D eigenvalue weighted by atomic mass is 9.70. The van der Waals surface area contributed by atoms with E-state index in [1.807, 2.05) is 65.0 Å². The molecular formula is C25H41N3O4. The molecule has 0 spiro atoms. The molecule has 0 saturated carbocycles. The fourth-order valence-corrected chi connectivity index (χ4v) is 3.36. The normalized spacial score (nSPS) is 14.0. The predicted molar refractivity (Wildman–Crippen MR) is 127 cm³/mol. The summed E-state index contributed by atoms with van der Waals surface area (Å²) in [4.78, 5) is 37.9. The van der Waals surface area contributed by atoms with E-state index in [-0.39, 0.29) is 30.2 Å². The van der Waals surface area contributed by atoms with E-state index in [4.69, 9.17) is 4.74 Å². The van der Waals surface area contributed by atoms with Crippen molar-refractivity contribution in [2.75, 3.05) is 6.54 Å². The smallest absolute Gasteiger partial charge is 0.408 e. The second kappa shape index (κ2) is 11.3. The number of carbonyl (C=O) groups excluding carboxylic acids is 3. The SMILES string of the molecule is CC(C)C(C)(C(=O)NC[C@@H](NC(=O)[C@@H](C)NC(=O)OC(C)(C)C)c1ccccc1)C(C)C. The number of carbonyl (C=O) groups is 3. The van der Waals surface area contributed by atoms with Gasteiger partial charge in [0, 0.05) is 6.54 Å². The summed E-state index contributed by atoms with van der Waals surface area (Å²) < 4.78 is 5.22. The molecule has 2 atom stereocenters. The van der Waals surface area contributed by atoms with Gasteiger partial charge in [-0.3, -0.25) is 9.59 Å². The van der Waals surface area contributed by atoms with E-state index < -0.39 is 29.2 Å². The zero-order valence-electron chi connectivity index (χ0n) is 21.0. The first kappa shape index (κ1) is 27.5. The molecule has 0 radical (unpaired) electrons. The zero-order valence-corrected chi connectivity index (χ0v) is 21.0. The minimum atomic E-state index is -0.802. The lowest BCUT2D eigenvalue weighted by molar-refractivity contribution is -0.136. The van der Waals surface area contributed by atoms with Gasteiger partial charge in [0.25, 0.3) is 0 Å². The highest BCUT2D eigenvalue weighted by Gasteiger charge is 2.39. The lowest BCUT2D eigenvalue weighted by Gasteiger charge is -2.36. The molecule has 0 aliphatic carbocycles. The molecule has 0 aromatic heterocycles. The Bertz CT molecular complexity index is 761. The van der Waals surface area contributed by atoms with Crippen molar-refractivity contribution >= 4 is 17.9 Å². The zero-order chi connectivity index (χ0) is 24.7. The molecule has 0 saturated heterocycles. The average Bonchev–Trinajstić information content (AvgIpc) is 2.68. The molecule has 7 nitrogen and oxygen atoms in total. The first-order valence-corrected chi connectivity index (χ1v) is 11.3. The molecule has 0 aliphatic rings. The highest BCUT2D eigenvalue weighted by atomic mass is 16.6. The van der Waals surface area contributed by atoms with Gasteiger partial charge < -0.3 is 20.7 Å². The number of rotatable bonds is 9. The lowest BCUT2D eigenvalue weighted by Crippen LogP contribution is -2.51. The van der Waals surface area contributed by atoms with E-state index in [1.54, 1.807) is 27.7 Å². The second-order valence-electron chi connectivity index (χ2n) is 10.1. The van der Waals surface area contributed by atoms with Crippen LogP contribution in [0.3, 0.4) is 0 Å². The van der Waals surface area contributed by atoms with Gasteiger partial charge in [0.15, 0.2) is 0 Å².